The van der Waals surface area contributed by atoms with Gasteiger partial charge in [-0.05, 0) is 49.4 Å². The van der Waals surface area contributed by atoms with Gasteiger partial charge in [0, 0.05) is 55.5 Å². The third-order valence-electron chi connectivity index (χ3n) is 5.88. The standard InChI is InChI=1S/C24H31N5/c1-18-7-6-10-22-19(17-27-23(18)22)11-14-26-24(25-2)28-20-12-15-29(16-13-20)21-8-4-3-5-9-21/h3-10,17,20,27H,11-16H2,1-2H3,(H2,25,26,28). The van der Waals surface area contributed by atoms with Crippen molar-refractivity contribution in [3.63, 3.8) is 0 Å². The number of benzene rings is 2. The van der Waals surface area contributed by atoms with E-state index >= 15 is 0 Å². The maximum absolute atomic E-state index is 4.43. The Kier molecular flexibility index (Phi) is 6.03. The minimum Gasteiger partial charge on any atom is -0.371 e. The number of aromatic nitrogens is 1. The van der Waals surface area contributed by atoms with Crippen LogP contribution in [0.25, 0.3) is 10.9 Å². The highest BCUT2D eigenvalue weighted by Gasteiger charge is 2.20. The first kappa shape index (κ1) is 19.4. The highest BCUT2D eigenvalue weighted by atomic mass is 15.2. The molecule has 29 heavy (non-hydrogen) atoms. The van der Waals surface area contributed by atoms with E-state index in [-0.39, 0.29) is 0 Å². The van der Waals surface area contributed by atoms with Crippen LogP contribution in [0.3, 0.4) is 0 Å². The van der Waals surface area contributed by atoms with Gasteiger partial charge in [-0.15, -0.1) is 0 Å². The van der Waals surface area contributed by atoms with Crippen LogP contribution in [0.4, 0.5) is 5.69 Å². The second-order valence-corrected chi connectivity index (χ2v) is 7.80. The highest BCUT2D eigenvalue weighted by molar-refractivity contribution is 5.86. The summed E-state index contributed by atoms with van der Waals surface area (Å²) in [6.45, 7) is 5.17. The highest BCUT2D eigenvalue weighted by Crippen LogP contribution is 2.21. The molecule has 152 valence electrons. The molecule has 0 saturated carbocycles. The summed E-state index contributed by atoms with van der Waals surface area (Å²) in [6, 6.07) is 17.6. The molecule has 0 aliphatic carbocycles. The Morgan fingerprint density at radius 2 is 1.90 bits per heavy atom. The fourth-order valence-corrected chi connectivity index (χ4v) is 4.20. The Bertz CT molecular complexity index is 952. The van der Waals surface area contributed by atoms with Crippen molar-refractivity contribution in [3.8, 4) is 0 Å². The molecule has 0 radical (unpaired) electrons. The average molecular weight is 390 g/mol. The van der Waals surface area contributed by atoms with Crippen LogP contribution in [0.1, 0.15) is 24.0 Å². The number of aliphatic imine (C=N–C) groups is 1. The van der Waals surface area contributed by atoms with Gasteiger partial charge in [0.05, 0.1) is 0 Å². The van der Waals surface area contributed by atoms with E-state index in [1.165, 1.54) is 27.7 Å². The first-order chi connectivity index (χ1) is 14.2. The minimum atomic E-state index is 0.469. The Morgan fingerprint density at radius 1 is 1.10 bits per heavy atom. The first-order valence-corrected chi connectivity index (χ1v) is 10.6. The molecule has 1 aliphatic rings. The van der Waals surface area contributed by atoms with Crippen LogP contribution in [0.15, 0.2) is 59.7 Å². The van der Waals surface area contributed by atoms with Gasteiger partial charge < -0.3 is 20.5 Å². The molecule has 0 spiro atoms. The molecule has 0 atom stereocenters. The van der Waals surface area contributed by atoms with Crippen molar-refractivity contribution >= 4 is 22.5 Å². The van der Waals surface area contributed by atoms with Crippen molar-refractivity contribution in [1.29, 1.82) is 0 Å². The van der Waals surface area contributed by atoms with Crippen molar-refractivity contribution in [1.82, 2.24) is 15.6 Å². The van der Waals surface area contributed by atoms with Gasteiger partial charge in [0.1, 0.15) is 0 Å². The van der Waals surface area contributed by atoms with Crippen molar-refractivity contribution in [2.45, 2.75) is 32.2 Å². The third-order valence-corrected chi connectivity index (χ3v) is 5.88. The molecule has 2 heterocycles. The van der Waals surface area contributed by atoms with Crippen molar-refractivity contribution in [2.75, 3.05) is 31.6 Å². The second kappa shape index (κ2) is 9.03. The number of nitrogens with one attached hydrogen (secondary N) is 3. The molecule has 0 amide bonds. The number of nitrogens with zero attached hydrogens (tertiary/aromatic N) is 2. The number of aryl methyl sites for hydroxylation is 1. The summed E-state index contributed by atoms with van der Waals surface area (Å²) in [5.74, 6) is 0.902. The van der Waals surface area contributed by atoms with Gasteiger partial charge in [0.25, 0.3) is 0 Å². The summed E-state index contributed by atoms with van der Waals surface area (Å²) in [5.41, 5.74) is 5.21. The molecule has 1 aliphatic heterocycles. The van der Waals surface area contributed by atoms with Crippen molar-refractivity contribution in [3.05, 3.63) is 65.9 Å². The second-order valence-electron chi connectivity index (χ2n) is 7.80. The number of aromatic amines is 1. The van der Waals surface area contributed by atoms with E-state index in [0.29, 0.717) is 6.04 Å². The van der Waals surface area contributed by atoms with Crippen LogP contribution >= 0.6 is 0 Å². The lowest BCUT2D eigenvalue weighted by atomic mass is 10.0. The fourth-order valence-electron chi connectivity index (χ4n) is 4.20. The number of rotatable bonds is 5. The summed E-state index contributed by atoms with van der Waals surface area (Å²) >= 11 is 0. The maximum atomic E-state index is 4.43. The number of fused-ring (bicyclic) bond motifs is 1. The molecule has 5 heteroatoms. The quantitative estimate of drug-likeness (QED) is 0.459. The van der Waals surface area contributed by atoms with Crippen LogP contribution < -0.4 is 15.5 Å². The number of H-pyrrole nitrogens is 1. The molecule has 5 nitrogen and oxygen atoms in total. The molecular formula is C24H31N5. The zero-order valence-corrected chi connectivity index (χ0v) is 17.4. The summed E-state index contributed by atoms with van der Waals surface area (Å²) < 4.78 is 0. The molecule has 0 unspecified atom stereocenters. The topological polar surface area (TPSA) is 55.5 Å². The number of hydrogen-bond acceptors (Lipinski definition) is 2. The van der Waals surface area contributed by atoms with E-state index in [9.17, 15) is 0 Å². The normalized spacial score (nSPS) is 15.7. The zero-order valence-electron chi connectivity index (χ0n) is 17.4. The molecular weight excluding hydrogens is 358 g/mol. The van der Waals surface area contributed by atoms with E-state index in [4.69, 9.17) is 0 Å². The first-order valence-electron chi connectivity index (χ1n) is 10.6. The van der Waals surface area contributed by atoms with Gasteiger partial charge in [-0.25, -0.2) is 0 Å². The summed E-state index contributed by atoms with van der Waals surface area (Å²) in [5, 5.41) is 8.42. The Labute approximate surface area is 173 Å². The van der Waals surface area contributed by atoms with Gasteiger partial charge in [-0.3, -0.25) is 4.99 Å². The predicted octanol–water partition coefficient (Wildman–Crippen LogP) is 3.85. The third kappa shape index (κ3) is 4.56. The molecule has 1 fully saturated rings. The Balaban J connectivity index is 1.25. The van der Waals surface area contributed by atoms with Crippen LogP contribution in [0, 0.1) is 6.92 Å². The predicted molar refractivity (Wildman–Crippen MR) is 123 cm³/mol. The van der Waals surface area contributed by atoms with Crippen molar-refractivity contribution < 1.29 is 0 Å². The van der Waals surface area contributed by atoms with Crippen LogP contribution in [0.5, 0.6) is 0 Å². The lowest BCUT2D eigenvalue weighted by Gasteiger charge is -2.34. The molecule has 4 rings (SSSR count). The zero-order chi connectivity index (χ0) is 20.1. The Morgan fingerprint density at radius 3 is 2.66 bits per heavy atom. The minimum absolute atomic E-state index is 0.469. The van der Waals surface area contributed by atoms with Crippen LogP contribution in [-0.2, 0) is 6.42 Å². The average Bonchev–Trinajstić information content (AvgIpc) is 3.18. The molecule has 0 bridgehead atoms. The summed E-state index contributed by atoms with van der Waals surface area (Å²) in [4.78, 5) is 10.3. The van der Waals surface area contributed by atoms with Gasteiger partial charge in [0.2, 0.25) is 0 Å². The monoisotopic (exact) mass is 389 g/mol. The van der Waals surface area contributed by atoms with E-state index in [1.54, 1.807) is 0 Å². The van der Waals surface area contributed by atoms with Gasteiger partial charge in [0.15, 0.2) is 5.96 Å². The molecule has 1 saturated heterocycles. The number of hydrogen-bond donors (Lipinski definition) is 3. The molecule has 3 N–H and O–H groups in total. The van der Waals surface area contributed by atoms with E-state index in [1.807, 2.05) is 7.05 Å². The number of guanidine groups is 1. The van der Waals surface area contributed by atoms with Gasteiger partial charge in [-0.1, -0.05) is 36.4 Å². The Hall–Kier alpha value is -2.95. The van der Waals surface area contributed by atoms with E-state index < -0.39 is 0 Å². The number of para-hydroxylation sites is 2. The molecule has 1 aromatic heterocycles. The summed E-state index contributed by atoms with van der Waals surface area (Å²) in [6.07, 6.45) is 5.35. The molecule has 2 aromatic carbocycles. The SMILES string of the molecule is CN=C(NCCc1c[nH]c2c(C)cccc12)NC1CCN(c2ccccc2)CC1. The number of anilines is 1. The lowest BCUT2D eigenvalue weighted by molar-refractivity contribution is 0.461. The summed E-state index contributed by atoms with van der Waals surface area (Å²) in [7, 11) is 1.85. The van der Waals surface area contributed by atoms with E-state index in [0.717, 1.165) is 44.9 Å². The fraction of sp³-hybridized carbons (Fsp3) is 0.375. The van der Waals surface area contributed by atoms with Crippen molar-refractivity contribution in [2.24, 2.45) is 4.99 Å². The van der Waals surface area contributed by atoms with E-state index in [2.05, 4.69) is 87.2 Å². The molecule has 3 aromatic rings. The van der Waals surface area contributed by atoms with Crippen LogP contribution in [0.2, 0.25) is 0 Å². The number of piperidine rings is 1. The maximum Gasteiger partial charge on any atom is 0.191 e. The van der Waals surface area contributed by atoms with Crippen LogP contribution in [-0.4, -0.2) is 43.7 Å². The lowest BCUT2D eigenvalue weighted by Crippen LogP contribution is -2.49. The van der Waals surface area contributed by atoms with Gasteiger partial charge in [-0.2, -0.15) is 0 Å². The van der Waals surface area contributed by atoms with Gasteiger partial charge >= 0.3 is 0 Å². The largest absolute Gasteiger partial charge is 0.371 e. The smallest absolute Gasteiger partial charge is 0.191 e.